The second kappa shape index (κ2) is 14.2. The number of anilines is 3. The fourth-order valence-corrected chi connectivity index (χ4v) is 6.51. The van der Waals surface area contributed by atoms with Crippen molar-refractivity contribution in [2.45, 2.75) is 25.5 Å². The topological polar surface area (TPSA) is 111 Å². The van der Waals surface area contributed by atoms with Crippen molar-refractivity contribution in [3.63, 3.8) is 0 Å². The lowest BCUT2D eigenvalue weighted by molar-refractivity contribution is -0.0206. The van der Waals surface area contributed by atoms with Gasteiger partial charge in [-0.05, 0) is 67.9 Å². The zero-order valence-corrected chi connectivity index (χ0v) is 27.3. The first-order chi connectivity index (χ1) is 24.2. The zero-order chi connectivity index (χ0) is 34.7. The maximum atomic E-state index is 15.0. The Morgan fingerprint density at radius 3 is 2.46 bits per heavy atom. The van der Waals surface area contributed by atoms with Crippen molar-refractivity contribution in [3.05, 3.63) is 120 Å². The second-order valence-electron chi connectivity index (χ2n) is 12.5. The number of hydrogen-bond acceptors (Lipinski definition) is 9. The molecule has 1 N–H and O–H groups in total. The molecule has 0 unspecified atom stereocenters. The fraction of sp³-hybridized carbons (Fsp3) is 0.306. The summed E-state index contributed by atoms with van der Waals surface area (Å²) in [5, 5.41) is 6.85. The van der Waals surface area contributed by atoms with Crippen LogP contribution in [0.25, 0.3) is 0 Å². The first-order valence-electron chi connectivity index (χ1n) is 16.3. The molecule has 1 amide bonds. The predicted octanol–water partition coefficient (Wildman–Crippen LogP) is 5.38. The van der Waals surface area contributed by atoms with Gasteiger partial charge in [-0.25, -0.2) is 32.8 Å². The Balaban J connectivity index is 0.927. The van der Waals surface area contributed by atoms with E-state index in [2.05, 4.69) is 30.2 Å². The largest absolute Gasteiger partial charge is 0.491 e. The Labute approximate surface area is 286 Å². The summed E-state index contributed by atoms with van der Waals surface area (Å²) in [7, 11) is 0. The molecular formula is C36H35F3N8O3. The number of nitrogens with one attached hydrogen (secondary N) is 1. The molecule has 0 saturated carbocycles. The van der Waals surface area contributed by atoms with Crippen molar-refractivity contribution in [1.29, 1.82) is 0 Å². The lowest BCUT2D eigenvalue weighted by Gasteiger charge is -2.37. The summed E-state index contributed by atoms with van der Waals surface area (Å²) >= 11 is 0. The van der Waals surface area contributed by atoms with Crippen molar-refractivity contribution >= 4 is 23.2 Å². The number of rotatable bonds is 10. The average Bonchev–Trinajstić information content (AvgIpc) is 3.79. The van der Waals surface area contributed by atoms with Crippen LogP contribution in [0.1, 0.15) is 28.0 Å². The van der Waals surface area contributed by atoms with E-state index in [9.17, 15) is 18.0 Å². The normalized spacial score (nSPS) is 19.1. The molecule has 2 aliphatic rings. The lowest BCUT2D eigenvalue weighted by atomic mass is 9.87. The summed E-state index contributed by atoms with van der Waals surface area (Å²) in [5.41, 5.74) is 1.48. The highest BCUT2D eigenvalue weighted by atomic mass is 19.1. The molecular weight excluding hydrogens is 649 g/mol. The standard InChI is InChI=1S/C36H35F3N8O3/c1-24-32(49-19-25-17-36(50-20-25,21-47-23-40-22-42-47)30-8-4-27(37)16-31(30)39)9-11-34(43-24)46-14-12-45(13-15-46)29-6-2-26(3-7-29)35(48)44-33-10-5-28(38)18-41-33/h2-11,16,18,22-23,25H,12-15,17,19-21H2,1H3,(H,41,44,48)/t25-,36+/m1/s1. The van der Waals surface area contributed by atoms with E-state index in [-0.39, 0.29) is 29.8 Å². The summed E-state index contributed by atoms with van der Waals surface area (Å²) < 4.78 is 55.9. The molecule has 0 aliphatic carbocycles. The maximum absolute atomic E-state index is 15.0. The molecule has 2 aromatic carbocycles. The van der Waals surface area contributed by atoms with Gasteiger partial charge >= 0.3 is 0 Å². The number of aryl methyl sites for hydroxylation is 1. The quantitative estimate of drug-likeness (QED) is 0.207. The molecule has 50 heavy (non-hydrogen) atoms. The van der Waals surface area contributed by atoms with Gasteiger partial charge < -0.3 is 24.6 Å². The first kappa shape index (κ1) is 33.0. The predicted molar refractivity (Wildman–Crippen MR) is 180 cm³/mol. The lowest BCUT2D eigenvalue weighted by Crippen LogP contribution is -2.46. The van der Waals surface area contributed by atoms with Gasteiger partial charge in [0.05, 0.1) is 31.6 Å². The summed E-state index contributed by atoms with van der Waals surface area (Å²) in [6.45, 7) is 5.89. The van der Waals surface area contributed by atoms with Crippen LogP contribution in [0.2, 0.25) is 0 Å². The number of nitrogens with zero attached hydrogens (tertiary/aromatic N) is 7. The van der Waals surface area contributed by atoms with Crippen molar-refractivity contribution in [3.8, 4) is 5.75 Å². The van der Waals surface area contributed by atoms with Gasteiger partial charge in [-0.2, -0.15) is 5.10 Å². The second-order valence-corrected chi connectivity index (χ2v) is 12.5. The van der Waals surface area contributed by atoms with Crippen molar-refractivity contribution in [2.24, 2.45) is 5.92 Å². The first-order valence-corrected chi connectivity index (χ1v) is 16.3. The van der Waals surface area contributed by atoms with Gasteiger partial charge in [0, 0.05) is 55.0 Å². The number of hydrogen-bond donors (Lipinski definition) is 1. The van der Waals surface area contributed by atoms with E-state index >= 15 is 0 Å². The van der Waals surface area contributed by atoms with Gasteiger partial charge in [0.1, 0.15) is 53.1 Å². The molecule has 0 radical (unpaired) electrons. The van der Waals surface area contributed by atoms with Crippen molar-refractivity contribution in [1.82, 2.24) is 24.7 Å². The molecule has 0 bridgehead atoms. The van der Waals surface area contributed by atoms with E-state index in [0.29, 0.717) is 30.9 Å². The van der Waals surface area contributed by atoms with Crippen LogP contribution >= 0.6 is 0 Å². The van der Waals surface area contributed by atoms with Gasteiger partial charge in [-0.15, -0.1) is 0 Å². The number of carbonyl (C=O) groups excluding carboxylic acids is 1. The minimum absolute atomic E-state index is 0.0506. The van der Waals surface area contributed by atoms with Crippen molar-refractivity contribution < 1.29 is 27.4 Å². The van der Waals surface area contributed by atoms with Crippen molar-refractivity contribution in [2.75, 3.05) is 54.5 Å². The van der Waals surface area contributed by atoms with Crippen LogP contribution in [0.4, 0.5) is 30.5 Å². The Morgan fingerprint density at radius 2 is 1.76 bits per heavy atom. The Bertz CT molecular complexity index is 1940. The molecule has 5 aromatic rings. The van der Waals surface area contributed by atoms with Gasteiger partial charge in [-0.3, -0.25) is 4.79 Å². The van der Waals surface area contributed by atoms with Gasteiger partial charge in [0.2, 0.25) is 0 Å². The molecule has 0 spiro atoms. The molecule has 11 nitrogen and oxygen atoms in total. The van der Waals surface area contributed by atoms with Crippen LogP contribution < -0.4 is 19.9 Å². The van der Waals surface area contributed by atoms with Crippen LogP contribution in [-0.4, -0.2) is 70.0 Å². The number of aromatic nitrogens is 5. The monoisotopic (exact) mass is 684 g/mol. The van der Waals surface area contributed by atoms with E-state index in [4.69, 9.17) is 14.5 Å². The van der Waals surface area contributed by atoms with E-state index in [1.54, 1.807) is 23.1 Å². The number of amides is 1. The van der Waals surface area contributed by atoms with E-state index in [0.717, 1.165) is 55.6 Å². The highest BCUT2D eigenvalue weighted by Gasteiger charge is 2.44. The van der Waals surface area contributed by atoms with Crippen LogP contribution in [-0.2, 0) is 16.9 Å². The molecule has 2 fully saturated rings. The van der Waals surface area contributed by atoms with E-state index in [1.165, 1.54) is 30.6 Å². The molecule has 2 atom stereocenters. The molecule has 14 heteroatoms. The number of benzene rings is 2. The van der Waals surface area contributed by atoms with Crippen LogP contribution in [0.5, 0.6) is 5.75 Å². The average molecular weight is 685 g/mol. The zero-order valence-electron chi connectivity index (χ0n) is 27.3. The fourth-order valence-electron chi connectivity index (χ4n) is 6.51. The molecule has 2 aliphatic heterocycles. The van der Waals surface area contributed by atoms with E-state index < -0.39 is 23.1 Å². The highest BCUT2D eigenvalue weighted by Crippen LogP contribution is 2.42. The van der Waals surface area contributed by atoms with Crippen LogP contribution in [0.15, 0.2) is 85.6 Å². The maximum Gasteiger partial charge on any atom is 0.256 e. The smallest absolute Gasteiger partial charge is 0.256 e. The Kier molecular flexibility index (Phi) is 9.35. The van der Waals surface area contributed by atoms with Gasteiger partial charge in [0.25, 0.3) is 5.91 Å². The number of ether oxygens (including phenoxy) is 2. The third-order valence-corrected chi connectivity index (χ3v) is 9.08. The minimum Gasteiger partial charge on any atom is -0.491 e. The van der Waals surface area contributed by atoms with Crippen LogP contribution in [0.3, 0.4) is 0 Å². The third-order valence-electron chi connectivity index (χ3n) is 9.08. The third kappa shape index (κ3) is 7.25. The number of carbonyl (C=O) groups is 1. The summed E-state index contributed by atoms with van der Waals surface area (Å²) in [4.78, 5) is 29.8. The summed E-state index contributed by atoms with van der Waals surface area (Å²) in [6, 6.07) is 17.4. The Hall–Kier alpha value is -5.50. The molecule has 5 heterocycles. The van der Waals surface area contributed by atoms with E-state index in [1.807, 2.05) is 31.2 Å². The summed E-state index contributed by atoms with van der Waals surface area (Å²) in [5.74, 6) is -0.343. The molecule has 258 valence electrons. The Morgan fingerprint density at radius 1 is 0.980 bits per heavy atom. The number of piperazine rings is 1. The number of pyridine rings is 2. The summed E-state index contributed by atoms with van der Waals surface area (Å²) in [6.07, 6.45) is 4.46. The molecule has 2 saturated heterocycles. The minimum atomic E-state index is -1.04. The van der Waals surface area contributed by atoms with Gasteiger partial charge in [0.15, 0.2) is 0 Å². The SMILES string of the molecule is Cc1nc(N2CCN(c3ccc(C(=O)Nc4ccc(F)cn4)cc3)CC2)ccc1OC[C@@H]1CO[C@@](Cn2cncn2)(c2ccc(F)cc2F)C1. The molecule has 7 rings (SSSR count). The highest BCUT2D eigenvalue weighted by molar-refractivity contribution is 6.03. The van der Waals surface area contributed by atoms with Crippen LogP contribution in [0, 0.1) is 30.3 Å². The van der Waals surface area contributed by atoms with Gasteiger partial charge in [-0.1, -0.05) is 6.07 Å². The number of halogens is 3. The molecule has 3 aromatic heterocycles.